The second-order valence-electron chi connectivity index (χ2n) is 6.98. The van der Waals surface area contributed by atoms with E-state index >= 15 is 0 Å². The van der Waals surface area contributed by atoms with Crippen molar-refractivity contribution in [2.24, 2.45) is 0 Å². The molecule has 144 valence electrons. The predicted octanol–water partition coefficient (Wildman–Crippen LogP) is 1.10. The van der Waals surface area contributed by atoms with Gasteiger partial charge in [-0.15, -0.1) is 0 Å². The van der Waals surface area contributed by atoms with Gasteiger partial charge >= 0.3 is 6.09 Å². The lowest BCUT2D eigenvalue weighted by Gasteiger charge is -2.34. The molecule has 3 saturated heterocycles. The third kappa shape index (κ3) is 2.78. The van der Waals surface area contributed by atoms with Crippen LogP contribution in [0.15, 0.2) is 24.3 Å². The molecule has 2 amide bonds. The molecule has 3 atom stereocenters. The van der Waals surface area contributed by atoms with Gasteiger partial charge in [-0.1, -0.05) is 12.1 Å². The van der Waals surface area contributed by atoms with E-state index in [1.807, 2.05) is 0 Å². The molecule has 0 saturated carbocycles. The fourth-order valence-electron chi connectivity index (χ4n) is 3.51. The number of fused-ring (bicyclic) bond motifs is 1. The molecule has 0 aromatic heterocycles. The zero-order valence-electron chi connectivity index (χ0n) is 15.1. The summed E-state index contributed by atoms with van der Waals surface area (Å²) in [6.07, 6.45) is -2.48. The first-order valence-corrected chi connectivity index (χ1v) is 8.48. The maximum Gasteiger partial charge on any atom is 0.420 e. The number of carbonyl (C=O) groups excluding carboxylic acids is 3. The minimum atomic E-state index is -1.89. The summed E-state index contributed by atoms with van der Waals surface area (Å²) in [5.74, 6) is -3.75. The van der Waals surface area contributed by atoms with Crippen LogP contribution >= 0.6 is 0 Å². The predicted molar refractivity (Wildman–Crippen MR) is 88.0 cm³/mol. The van der Waals surface area contributed by atoms with Crippen molar-refractivity contribution in [2.45, 2.75) is 37.6 Å². The molecule has 0 radical (unpaired) electrons. The van der Waals surface area contributed by atoms with Crippen molar-refractivity contribution in [3.63, 3.8) is 0 Å². The molecule has 0 aliphatic carbocycles. The van der Waals surface area contributed by atoms with E-state index in [1.54, 1.807) is 32.0 Å². The Morgan fingerprint density at radius 1 is 1.22 bits per heavy atom. The van der Waals surface area contributed by atoms with E-state index in [9.17, 15) is 14.4 Å². The van der Waals surface area contributed by atoms with Crippen LogP contribution in [-0.4, -0.2) is 66.7 Å². The average Bonchev–Trinajstić information content (AvgIpc) is 3.15. The Morgan fingerprint density at radius 2 is 1.96 bits per heavy atom. The minimum absolute atomic E-state index is 0.00378. The van der Waals surface area contributed by atoms with Crippen LogP contribution in [0.4, 0.5) is 4.79 Å². The van der Waals surface area contributed by atoms with Crippen LogP contribution in [0.3, 0.4) is 0 Å². The summed E-state index contributed by atoms with van der Waals surface area (Å²) in [5.41, 5.74) is 0.178. The number of imide groups is 1. The molecular weight excluding hydrogens is 358 g/mol. The standard InChI is InChI=1S/C18H19NO8/c1-17(2)25-12-8-24-18(14(20)13(12)26-17)9-19(16(22)27-18)15(21)10-6-4-5-7-11(10)23-3/h4-7,12-13H,8-9H2,1-3H3/t12-,13?,18+/m1/s1. The van der Waals surface area contributed by atoms with Crippen LogP contribution in [0.1, 0.15) is 24.2 Å². The Kier molecular flexibility index (Phi) is 3.99. The summed E-state index contributed by atoms with van der Waals surface area (Å²) in [7, 11) is 1.42. The second-order valence-corrected chi connectivity index (χ2v) is 6.98. The number of benzene rings is 1. The molecule has 4 rings (SSSR count). The smallest absolute Gasteiger partial charge is 0.420 e. The summed E-state index contributed by atoms with van der Waals surface area (Å²) in [5, 5.41) is 0. The maximum absolute atomic E-state index is 12.9. The summed E-state index contributed by atoms with van der Waals surface area (Å²) < 4.78 is 27.2. The summed E-state index contributed by atoms with van der Waals surface area (Å²) in [4.78, 5) is 38.9. The van der Waals surface area contributed by atoms with Crippen molar-refractivity contribution in [3.8, 4) is 5.75 Å². The van der Waals surface area contributed by atoms with E-state index < -0.39 is 41.6 Å². The largest absolute Gasteiger partial charge is 0.496 e. The normalized spacial score (nSPS) is 31.7. The Hall–Kier alpha value is -2.49. The molecule has 0 bridgehead atoms. The van der Waals surface area contributed by atoms with Crippen molar-refractivity contribution in [3.05, 3.63) is 29.8 Å². The van der Waals surface area contributed by atoms with Crippen LogP contribution in [0.2, 0.25) is 0 Å². The first-order valence-electron chi connectivity index (χ1n) is 8.48. The number of carbonyl (C=O) groups is 3. The molecule has 3 aliphatic rings. The van der Waals surface area contributed by atoms with Crippen LogP contribution in [0.5, 0.6) is 5.75 Å². The molecular formula is C18H19NO8. The highest BCUT2D eigenvalue weighted by Crippen LogP contribution is 2.39. The van der Waals surface area contributed by atoms with Gasteiger partial charge in [-0.25, -0.2) is 9.69 Å². The maximum atomic E-state index is 12.9. The number of ether oxygens (including phenoxy) is 5. The molecule has 3 fully saturated rings. The SMILES string of the molecule is COc1ccccc1C(=O)N1C[C@]2(OC[C@H]3OC(C)(C)OC3C2=O)OC1=O. The summed E-state index contributed by atoms with van der Waals surface area (Å²) in [6.45, 7) is 3.01. The van der Waals surface area contributed by atoms with Gasteiger partial charge in [-0.05, 0) is 26.0 Å². The third-order valence-corrected chi connectivity index (χ3v) is 4.72. The molecule has 9 heteroatoms. The highest BCUT2D eigenvalue weighted by Gasteiger charge is 2.63. The number of rotatable bonds is 2. The van der Waals surface area contributed by atoms with Crippen molar-refractivity contribution in [2.75, 3.05) is 20.3 Å². The first kappa shape index (κ1) is 17.9. The monoisotopic (exact) mass is 377 g/mol. The van der Waals surface area contributed by atoms with Gasteiger partial charge in [0, 0.05) is 0 Å². The van der Waals surface area contributed by atoms with Gasteiger partial charge in [0.2, 0.25) is 5.78 Å². The van der Waals surface area contributed by atoms with Gasteiger partial charge in [0.1, 0.15) is 18.4 Å². The molecule has 1 aromatic rings. The number of amides is 2. The van der Waals surface area contributed by atoms with Gasteiger partial charge in [0.25, 0.3) is 11.7 Å². The number of hydrogen-bond acceptors (Lipinski definition) is 8. The molecule has 9 nitrogen and oxygen atoms in total. The number of ketones is 1. The second kappa shape index (κ2) is 6.01. The zero-order chi connectivity index (χ0) is 19.4. The lowest BCUT2D eigenvalue weighted by molar-refractivity contribution is -0.219. The molecule has 3 aliphatic heterocycles. The topological polar surface area (TPSA) is 101 Å². The van der Waals surface area contributed by atoms with Crippen molar-refractivity contribution in [1.82, 2.24) is 4.90 Å². The Labute approximate surface area is 155 Å². The molecule has 1 unspecified atom stereocenters. The first-order chi connectivity index (χ1) is 12.8. The molecule has 0 N–H and O–H groups in total. The number of para-hydroxylation sites is 1. The fraction of sp³-hybridized carbons (Fsp3) is 0.500. The van der Waals surface area contributed by atoms with Crippen LogP contribution < -0.4 is 4.74 Å². The lowest BCUT2D eigenvalue weighted by Crippen LogP contribution is -2.59. The average molecular weight is 377 g/mol. The zero-order valence-corrected chi connectivity index (χ0v) is 15.1. The van der Waals surface area contributed by atoms with Crippen molar-refractivity contribution < 1.29 is 38.1 Å². The summed E-state index contributed by atoms with van der Waals surface area (Å²) in [6, 6.07) is 6.47. The van der Waals surface area contributed by atoms with Gasteiger partial charge < -0.3 is 23.7 Å². The third-order valence-electron chi connectivity index (χ3n) is 4.72. The number of nitrogens with zero attached hydrogens (tertiary/aromatic N) is 1. The molecule has 27 heavy (non-hydrogen) atoms. The highest BCUT2D eigenvalue weighted by atomic mass is 16.8. The minimum Gasteiger partial charge on any atom is -0.496 e. The molecule has 1 aromatic carbocycles. The molecule has 1 spiro atoms. The van der Waals surface area contributed by atoms with Gasteiger partial charge in [0.15, 0.2) is 11.9 Å². The van der Waals surface area contributed by atoms with E-state index in [0.717, 1.165) is 4.90 Å². The van der Waals surface area contributed by atoms with E-state index in [1.165, 1.54) is 13.2 Å². The fourth-order valence-corrected chi connectivity index (χ4v) is 3.51. The lowest BCUT2D eigenvalue weighted by atomic mass is 9.98. The number of methoxy groups -OCH3 is 1. The van der Waals surface area contributed by atoms with E-state index in [2.05, 4.69) is 0 Å². The highest BCUT2D eigenvalue weighted by molar-refractivity contribution is 6.07. The number of hydrogen-bond donors (Lipinski definition) is 0. The quantitative estimate of drug-likeness (QED) is 0.755. The Balaban J connectivity index is 1.59. The van der Waals surface area contributed by atoms with Crippen molar-refractivity contribution in [1.29, 1.82) is 0 Å². The van der Waals surface area contributed by atoms with E-state index in [-0.39, 0.29) is 18.7 Å². The molecule has 3 heterocycles. The van der Waals surface area contributed by atoms with Gasteiger partial charge in [0.05, 0.1) is 19.3 Å². The van der Waals surface area contributed by atoms with E-state index in [4.69, 9.17) is 23.7 Å². The number of Topliss-reactive ketones (excluding diaryl/α,β-unsaturated/α-hetero) is 1. The van der Waals surface area contributed by atoms with Gasteiger partial charge in [-0.3, -0.25) is 9.59 Å². The summed E-state index contributed by atoms with van der Waals surface area (Å²) >= 11 is 0. The Morgan fingerprint density at radius 3 is 2.70 bits per heavy atom. The van der Waals surface area contributed by atoms with Crippen LogP contribution in [0, 0.1) is 0 Å². The Bertz CT molecular complexity index is 821. The van der Waals surface area contributed by atoms with Crippen molar-refractivity contribution >= 4 is 17.8 Å². The van der Waals surface area contributed by atoms with E-state index in [0.29, 0.717) is 5.75 Å². The van der Waals surface area contributed by atoms with Crippen LogP contribution in [-0.2, 0) is 23.7 Å². The van der Waals surface area contributed by atoms with Gasteiger partial charge in [-0.2, -0.15) is 0 Å². The van der Waals surface area contributed by atoms with Crippen LogP contribution in [0.25, 0.3) is 0 Å².